The van der Waals surface area contributed by atoms with Crippen molar-refractivity contribution in [2.24, 2.45) is 0 Å². The van der Waals surface area contributed by atoms with Crippen LogP contribution in [0.5, 0.6) is 0 Å². The largest absolute Gasteiger partial charge is 0.465 e. The molecule has 6 nitrogen and oxygen atoms in total. The standard InChI is InChI=1S/C15H19N3O3/c1-5-21-13(19)9-18-15(20)11-7-6-10(2)8-12(11)14(16-18)17(3)4/h6-8H,5,9H2,1-4H3. The maximum atomic E-state index is 12.4. The topological polar surface area (TPSA) is 64.4 Å². The van der Waals surface area contributed by atoms with Gasteiger partial charge in [0.15, 0.2) is 5.82 Å². The van der Waals surface area contributed by atoms with E-state index in [0.717, 1.165) is 15.6 Å². The fourth-order valence-corrected chi connectivity index (χ4v) is 2.15. The van der Waals surface area contributed by atoms with E-state index in [2.05, 4.69) is 5.10 Å². The van der Waals surface area contributed by atoms with Crippen LogP contribution in [-0.2, 0) is 16.1 Å². The molecule has 0 atom stereocenters. The number of carbonyl (C=O) groups is 1. The van der Waals surface area contributed by atoms with Crippen molar-refractivity contribution >= 4 is 22.6 Å². The zero-order valence-corrected chi connectivity index (χ0v) is 12.7. The molecule has 0 saturated heterocycles. The van der Waals surface area contributed by atoms with Gasteiger partial charge in [0, 0.05) is 19.5 Å². The van der Waals surface area contributed by atoms with Gasteiger partial charge in [-0.25, -0.2) is 4.68 Å². The van der Waals surface area contributed by atoms with E-state index in [1.807, 2.05) is 38.1 Å². The monoisotopic (exact) mass is 289 g/mol. The van der Waals surface area contributed by atoms with Gasteiger partial charge in [-0.1, -0.05) is 11.6 Å². The Bertz CT molecular complexity index is 735. The second-order valence-electron chi connectivity index (χ2n) is 5.03. The molecule has 0 spiro atoms. The molecule has 1 aromatic carbocycles. The first-order valence-corrected chi connectivity index (χ1v) is 6.78. The van der Waals surface area contributed by atoms with Gasteiger partial charge < -0.3 is 9.64 Å². The SMILES string of the molecule is CCOC(=O)Cn1nc(N(C)C)c2cc(C)ccc2c1=O. The second kappa shape index (κ2) is 5.95. The molecule has 0 aliphatic heterocycles. The Morgan fingerprint density at radius 3 is 2.67 bits per heavy atom. The van der Waals surface area contributed by atoms with E-state index in [0.29, 0.717) is 11.2 Å². The number of anilines is 1. The Morgan fingerprint density at radius 2 is 2.05 bits per heavy atom. The molecule has 0 aliphatic carbocycles. The Labute approximate surface area is 122 Å². The minimum atomic E-state index is -0.469. The third-order valence-electron chi connectivity index (χ3n) is 3.10. The molecule has 112 valence electrons. The quantitative estimate of drug-likeness (QED) is 0.795. The number of hydrogen-bond donors (Lipinski definition) is 0. The summed E-state index contributed by atoms with van der Waals surface area (Å²) in [5.74, 6) is 0.181. The van der Waals surface area contributed by atoms with Gasteiger partial charge in [0.2, 0.25) is 0 Å². The molecule has 2 aromatic rings. The van der Waals surface area contributed by atoms with Crippen LogP contribution in [-0.4, -0.2) is 36.5 Å². The number of nitrogens with zero attached hydrogens (tertiary/aromatic N) is 3. The number of rotatable bonds is 4. The first-order chi connectivity index (χ1) is 9.93. The van der Waals surface area contributed by atoms with Gasteiger partial charge in [0.05, 0.1) is 12.0 Å². The molecule has 21 heavy (non-hydrogen) atoms. The molecule has 0 unspecified atom stereocenters. The number of carbonyl (C=O) groups excluding carboxylic acids is 1. The number of aromatic nitrogens is 2. The van der Waals surface area contributed by atoms with Crippen LogP contribution >= 0.6 is 0 Å². The molecular weight excluding hydrogens is 270 g/mol. The van der Waals surface area contributed by atoms with Crippen molar-refractivity contribution < 1.29 is 9.53 Å². The molecule has 2 rings (SSSR count). The summed E-state index contributed by atoms with van der Waals surface area (Å²) in [7, 11) is 3.70. The maximum Gasteiger partial charge on any atom is 0.327 e. The van der Waals surface area contributed by atoms with Crippen molar-refractivity contribution in [1.29, 1.82) is 0 Å². The number of aryl methyl sites for hydroxylation is 1. The minimum absolute atomic E-state index is 0.183. The number of esters is 1. The van der Waals surface area contributed by atoms with E-state index in [4.69, 9.17) is 4.74 Å². The highest BCUT2D eigenvalue weighted by Crippen LogP contribution is 2.21. The predicted octanol–water partition coefficient (Wildman–Crippen LogP) is 1.33. The van der Waals surface area contributed by atoms with Crippen LogP contribution in [0.15, 0.2) is 23.0 Å². The average molecular weight is 289 g/mol. The van der Waals surface area contributed by atoms with Gasteiger partial charge in [0.25, 0.3) is 5.56 Å². The molecular formula is C15H19N3O3. The Hall–Kier alpha value is -2.37. The highest BCUT2D eigenvalue weighted by atomic mass is 16.5. The number of ether oxygens (including phenoxy) is 1. The summed E-state index contributed by atoms with van der Waals surface area (Å²) < 4.78 is 6.04. The van der Waals surface area contributed by atoms with E-state index in [-0.39, 0.29) is 18.7 Å². The van der Waals surface area contributed by atoms with Crippen molar-refractivity contribution in [3.05, 3.63) is 34.1 Å². The first kappa shape index (κ1) is 15.0. The number of fused-ring (bicyclic) bond motifs is 1. The van der Waals surface area contributed by atoms with Crippen molar-refractivity contribution in [3.63, 3.8) is 0 Å². The van der Waals surface area contributed by atoms with Crippen molar-refractivity contribution in [3.8, 4) is 0 Å². The molecule has 6 heteroatoms. The molecule has 0 aliphatic rings. The highest BCUT2D eigenvalue weighted by Gasteiger charge is 2.14. The Kier molecular flexibility index (Phi) is 4.26. The Balaban J connectivity index is 2.63. The zero-order valence-electron chi connectivity index (χ0n) is 12.7. The lowest BCUT2D eigenvalue weighted by Crippen LogP contribution is -2.30. The van der Waals surface area contributed by atoms with E-state index in [1.54, 1.807) is 13.0 Å². The van der Waals surface area contributed by atoms with Gasteiger partial charge in [0.1, 0.15) is 6.54 Å². The lowest BCUT2D eigenvalue weighted by molar-refractivity contribution is -0.144. The fraction of sp³-hybridized carbons (Fsp3) is 0.400. The smallest absolute Gasteiger partial charge is 0.327 e. The van der Waals surface area contributed by atoms with E-state index >= 15 is 0 Å². The molecule has 0 N–H and O–H groups in total. The fourth-order valence-electron chi connectivity index (χ4n) is 2.15. The number of hydrogen-bond acceptors (Lipinski definition) is 5. The maximum absolute atomic E-state index is 12.4. The molecule has 1 aromatic heterocycles. The van der Waals surface area contributed by atoms with Crippen LogP contribution < -0.4 is 10.5 Å². The van der Waals surface area contributed by atoms with Gasteiger partial charge >= 0.3 is 5.97 Å². The summed E-state index contributed by atoms with van der Waals surface area (Å²) >= 11 is 0. The molecule has 0 bridgehead atoms. The summed E-state index contributed by atoms with van der Waals surface area (Å²) in [5, 5.41) is 5.62. The lowest BCUT2D eigenvalue weighted by atomic mass is 10.1. The number of benzene rings is 1. The van der Waals surface area contributed by atoms with Crippen molar-refractivity contribution in [2.45, 2.75) is 20.4 Å². The van der Waals surface area contributed by atoms with E-state index in [1.165, 1.54) is 0 Å². The van der Waals surface area contributed by atoms with E-state index in [9.17, 15) is 9.59 Å². The van der Waals surface area contributed by atoms with Gasteiger partial charge in [-0.2, -0.15) is 5.10 Å². The average Bonchev–Trinajstić information content (AvgIpc) is 2.41. The van der Waals surface area contributed by atoms with Crippen LogP contribution in [0.2, 0.25) is 0 Å². The molecule has 0 radical (unpaired) electrons. The third-order valence-corrected chi connectivity index (χ3v) is 3.10. The molecule has 1 heterocycles. The molecule has 0 fully saturated rings. The van der Waals surface area contributed by atoms with Crippen molar-refractivity contribution in [2.75, 3.05) is 25.6 Å². The van der Waals surface area contributed by atoms with Crippen LogP contribution in [0.4, 0.5) is 5.82 Å². The second-order valence-corrected chi connectivity index (χ2v) is 5.03. The summed E-state index contributed by atoms with van der Waals surface area (Å²) in [6, 6.07) is 5.56. The van der Waals surface area contributed by atoms with Crippen LogP contribution in [0.3, 0.4) is 0 Å². The van der Waals surface area contributed by atoms with Gasteiger partial charge in [-0.3, -0.25) is 9.59 Å². The Morgan fingerprint density at radius 1 is 1.33 bits per heavy atom. The van der Waals surface area contributed by atoms with Gasteiger partial charge in [-0.05, 0) is 26.0 Å². The van der Waals surface area contributed by atoms with Gasteiger partial charge in [-0.15, -0.1) is 0 Å². The summed E-state index contributed by atoms with van der Waals surface area (Å²) in [5.41, 5.74) is 0.763. The lowest BCUT2D eigenvalue weighted by Gasteiger charge is -2.16. The van der Waals surface area contributed by atoms with Crippen LogP contribution in [0.1, 0.15) is 12.5 Å². The third kappa shape index (κ3) is 3.04. The first-order valence-electron chi connectivity index (χ1n) is 6.78. The highest BCUT2D eigenvalue weighted by molar-refractivity contribution is 5.91. The predicted molar refractivity (Wildman–Crippen MR) is 81.7 cm³/mol. The van der Waals surface area contributed by atoms with Crippen LogP contribution in [0.25, 0.3) is 10.8 Å². The normalized spacial score (nSPS) is 10.7. The van der Waals surface area contributed by atoms with Crippen LogP contribution in [0, 0.1) is 6.92 Å². The summed E-state index contributed by atoms with van der Waals surface area (Å²) in [6.45, 7) is 3.78. The summed E-state index contributed by atoms with van der Waals surface area (Å²) in [6.07, 6.45) is 0. The zero-order chi connectivity index (χ0) is 15.6. The molecule has 0 amide bonds. The minimum Gasteiger partial charge on any atom is -0.465 e. The molecule has 0 saturated carbocycles. The summed E-state index contributed by atoms with van der Waals surface area (Å²) in [4.78, 5) is 25.9. The van der Waals surface area contributed by atoms with Crippen molar-refractivity contribution in [1.82, 2.24) is 9.78 Å². The van der Waals surface area contributed by atoms with E-state index < -0.39 is 5.97 Å².